The molecule has 0 unspecified atom stereocenters. The summed E-state index contributed by atoms with van der Waals surface area (Å²) < 4.78 is 10.3. The van der Waals surface area contributed by atoms with Crippen molar-refractivity contribution in [1.82, 2.24) is 10.3 Å². The van der Waals surface area contributed by atoms with Gasteiger partial charge in [-0.3, -0.25) is 4.98 Å². The van der Waals surface area contributed by atoms with E-state index in [1.807, 2.05) is 12.1 Å². The zero-order valence-corrected chi connectivity index (χ0v) is 12.5. The molecule has 1 heterocycles. The Balaban J connectivity index is 2.09. The molecule has 0 aliphatic carbocycles. The molecule has 1 aromatic heterocycles. The Labute approximate surface area is 124 Å². The molecule has 0 fully saturated rings. The molecular weight excluding hydrogens is 268 g/mol. The summed E-state index contributed by atoms with van der Waals surface area (Å²) in [6.07, 6.45) is 3.56. The Morgan fingerprint density at radius 3 is 2.24 bits per heavy atom. The quantitative estimate of drug-likeness (QED) is 0.855. The molecule has 0 saturated heterocycles. The molecule has 0 aliphatic rings. The standard InChI is InChI=1S/C16H20N2O3/c1-11(13-4-6-17-7-5-13)18-10-12-8-14(20-2)16(19)15(9-12)21-3/h4-9,11,18-19H,10H2,1-3H3/t11-/m1/s1. The van der Waals surface area contributed by atoms with Crippen LogP contribution in [0.2, 0.25) is 0 Å². The molecule has 0 bridgehead atoms. The first-order valence-electron chi connectivity index (χ1n) is 6.73. The summed E-state index contributed by atoms with van der Waals surface area (Å²) in [5, 5.41) is 13.3. The number of benzene rings is 1. The zero-order valence-electron chi connectivity index (χ0n) is 12.5. The number of hydrogen-bond acceptors (Lipinski definition) is 5. The lowest BCUT2D eigenvalue weighted by molar-refractivity contribution is 0.339. The smallest absolute Gasteiger partial charge is 0.200 e. The number of ether oxygens (including phenoxy) is 2. The van der Waals surface area contributed by atoms with Crippen LogP contribution in [0.15, 0.2) is 36.7 Å². The summed E-state index contributed by atoms with van der Waals surface area (Å²) in [5.74, 6) is 0.830. The maximum absolute atomic E-state index is 9.89. The fourth-order valence-electron chi connectivity index (χ4n) is 2.09. The largest absolute Gasteiger partial charge is 0.502 e. The maximum atomic E-state index is 9.89. The van der Waals surface area contributed by atoms with Crippen LogP contribution in [0.3, 0.4) is 0 Å². The lowest BCUT2D eigenvalue weighted by Crippen LogP contribution is -2.18. The molecule has 0 saturated carbocycles. The number of methoxy groups -OCH3 is 2. The van der Waals surface area contributed by atoms with Crippen LogP contribution in [0.4, 0.5) is 0 Å². The lowest BCUT2D eigenvalue weighted by Gasteiger charge is -2.16. The number of pyridine rings is 1. The SMILES string of the molecule is COc1cc(CN[C@H](C)c2ccncc2)cc(OC)c1O. The Bertz CT molecular complexity index is 562. The summed E-state index contributed by atoms with van der Waals surface area (Å²) in [7, 11) is 3.04. The Morgan fingerprint density at radius 1 is 1.14 bits per heavy atom. The minimum absolute atomic E-state index is 0.0194. The summed E-state index contributed by atoms with van der Waals surface area (Å²) in [4.78, 5) is 4.01. The fraction of sp³-hybridized carbons (Fsp3) is 0.312. The zero-order chi connectivity index (χ0) is 15.2. The summed E-state index contributed by atoms with van der Waals surface area (Å²) in [6, 6.07) is 7.75. The molecule has 0 aliphatic heterocycles. The molecule has 2 N–H and O–H groups in total. The van der Waals surface area contributed by atoms with Crippen molar-refractivity contribution in [2.45, 2.75) is 19.5 Å². The van der Waals surface area contributed by atoms with Gasteiger partial charge >= 0.3 is 0 Å². The predicted octanol–water partition coefficient (Wildman–Crippen LogP) is 2.66. The van der Waals surface area contributed by atoms with Crippen LogP contribution < -0.4 is 14.8 Å². The van der Waals surface area contributed by atoms with Crippen LogP contribution in [0.25, 0.3) is 0 Å². The van der Waals surface area contributed by atoms with E-state index in [-0.39, 0.29) is 11.8 Å². The molecule has 5 heteroatoms. The average Bonchev–Trinajstić information content (AvgIpc) is 2.54. The fourth-order valence-corrected chi connectivity index (χ4v) is 2.09. The number of phenolic OH excluding ortho intramolecular Hbond substituents is 1. The van der Waals surface area contributed by atoms with Gasteiger partial charge < -0.3 is 19.9 Å². The third-order valence-corrected chi connectivity index (χ3v) is 3.36. The van der Waals surface area contributed by atoms with Crippen LogP contribution >= 0.6 is 0 Å². The molecule has 1 atom stereocenters. The number of nitrogens with zero attached hydrogens (tertiary/aromatic N) is 1. The molecule has 112 valence electrons. The number of nitrogens with one attached hydrogen (secondary N) is 1. The van der Waals surface area contributed by atoms with E-state index in [2.05, 4.69) is 17.2 Å². The van der Waals surface area contributed by atoms with Crippen molar-refractivity contribution in [2.24, 2.45) is 0 Å². The van der Waals surface area contributed by atoms with E-state index >= 15 is 0 Å². The number of aromatic hydroxyl groups is 1. The van der Waals surface area contributed by atoms with Crippen molar-refractivity contribution in [3.05, 3.63) is 47.8 Å². The molecule has 2 rings (SSSR count). The predicted molar refractivity (Wildman–Crippen MR) is 80.7 cm³/mol. The van der Waals surface area contributed by atoms with E-state index < -0.39 is 0 Å². The van der Waals surface area contributed by atoms with Crippen LogP contribution in [0, 0.1) is 0 Å². The van der Waals surface area contributed by atoms with E-state index in [9.17, 15) is 5.11 Å². The molecule has 0 spiro atoms. The highest BCUT2D eigenvalue weighted by atomic mass is 16.5. The summed E-state index contributed by atoms with van der Waals surface area (Å²) >= 11 is 0. The number of phenols is 1. The normalized spacial score (nSPS) is 12.0. The number of rotatable bonds is 6. The van der Waals surface area contributed by atoms with Crippen molar-refractivity contribution < 1.29 is 14.6 Å². The molecule has 0 amide bonds. The second-order valence-corrected chi connectivity index (χ2v) is 4.73. The highest BCUT2D eigenvalue weighted by Gasteiger charge is 2.12. The van der Waals surface area contributed by atoms with Crippen molar-refractivity contribution >= 4 is 0 Å². The van der Waals surface area contributed by atoms with Crippen molar-refractivity contribution in [3.8, 4) is 17.2 Å². The van der Waals surface area contributed by atoms with Gasteiger partial charge in [-0.25, -0.2) is 0 Å². The van der Waals surface area contributed by atoms with Crippen molar-refractivity contribution in [2.75, 3.05) is 14.2 Å². The van der Waals surface area contributed by atoms with E-state index in [1.165, 1.54) is 19.8 Å². The molecule has 21 heavy (non-hydrogen) atoms. The van der Waals surface area contributed by atoms with Gasteiger partial charge in [-0.1, -0.05) is 0 Å². The second kappa shape index (κ2) is 6.95. The topological polar surface area (TPSA) is 63.6 Å². The number of hydrogen-bond donors (Lipinski definition) is 2. The van der Waals surface area contributed by atoms with Gasteiger partial charge in [0.25, 0.3) is 0 Å². The van der Waals surface area contributed by atoms with E-state index in [1.54, 1.807) is 24.5 Å². The van der Waals surface area contributed by atoms with Gasteiger partial charge in [-0.05, 0) is 42.3 Å². The van der Waals surface area contributed by atoms with Gasteiger partial charge in [-0.15, -0.1) is 0 Å². The maximum Gasteiger partial charge on any atom is 0.200 e. The second-order valence-electron chi connectivity index (χ2n) is 4.73. The van der Waals surface area contributed by atoms with E-state index in [0.717, 1.165) is 5.56 Å². The van der Waals surface area contributed by atoms with Crippen molar-refractivity contribution in [1.29, 1.82) is 0 Å². The summed E-state index contributed by atoms with van der Waals surface area (Å²) in [5.41, 5.74) is 2.14. The van der Waals surface area contributed by atoms with Gasteiger partial charge in [0.15, 0.2) is 11.5 Å². The van der Waals surface area contributed by atoms with Crippen LogP contribution in [-0.4, -0.2) is 24.3 Å². The minimum atomic E-state index is 0.0194. The first-order valence-corrected chi connectivity index (χ1v) is 6.73. The third kappa shape index (κ3) is 3.64. The molecule has 5 nitrogen and oxygen atoms in total. The Kier molecular flexibility index (Phi) is 5.00. The Morgan fingerprint density at radius 2 is 1.71 bits per heavy atom. The van der Waals surface area contributed by atoms with E-state index in [0.29, 0.717) is 18.0 Å². The first-order chi connectivity index (χ1) is 10.2. The molecule has 2 aromatic rings. The molecule has 1 aromatic carbocycles. The van der Waals surface area contributed by atoms with Crippen LogP contribution in [0.5, 0.6) is 17.2 Å². The third-order valence-electron chi connectivity index (χ3n) is 3.36. The number of aromatic nitrogens is 1. The van der Waals surface area contributed by atoms with Crippen LogP contribution in [-0.2, 0) is 6.54 Å². The highest BCUT2D eigenvalue weighted by molar-refractivity contribution is 5.52. The van der Waals surface area contributed by atoms with Gasteiger partial charge in [0.05, 0.1) is 14.2 Å². The lowest BCUT2D eigenvalue weighted by atomic mass is 10.1. The van der Waals surface area contributed by atoms with E-state index in [4.69, 9.17) is 9.47 Å². The highest BCUT2D eigenvalue weighted by Crippen LogP contribution is 2.37. The van der Waals surface area contributed by atoms with Gasteiger partial charge in [0.1, 0.15) is 0 Å². The minimum Gasteiger partial charge on any atom is -0.502 e. The van der Waals surface area contributed by atoms with Crippen molar-refractivity contribution in [3.63, 3.8) is 0 Å². The van der Waals surface area contributed by atoms with Gasteiger partial charge in [0.2, 0.25) is 5.75 Å². The molecule has 0 radical (unpaired) electrons. The van der Waals surface area contributed by atoms with Crippen LogP contribution in [0.1, 0.15) is 24.1 Å². The van der Waals surface area contributed by atoms with Gasteiger partial charge in [-0.2, -0.15) is 0 Å². The van der Waals surface area contributed by atoms with Gasteiger partial charge in [0, 0.05) is 25.0 Å². The summed E-state index contributed by atoms with van der Waals surface area (Å²) in [6.45, 7) is 2.72. The monoisotopic (exact) mass is 288 g/mol. The Hall–Kier alpha value is -2.27. The first kappa shape index (κ1) is 15.1. The molecular formula is C16H20N2O3. The average molecular weight is 288 g/mol.